The van der Waals surface area contributed by atoms with Crippen molar-refractivity contribution in [2.75, 3.05) is 0 Å². The Morgan fingerprint density at radius 1 is 1.24 bits per heavy atom. The Hall–Kier alpha value is -2.08. The van der Waals surface area contributed by atoms with Crippen LogP contribution in [0.4, 0.5) is 4.79 Å². The van der Waals surface area contributed by atoms with E-state index in [0.717, 1.165) is 0 Å². The minimum atomic E-state index is -1.86. The lowest BCUT2D eigenvalue weighted by Crippen LogP contribution is -2.54. The lowest BCUT2D eigenvalue weighted by Gasteiger charge is -2.22. The second-order valence-electron chi connectivity index (χ2n) is 3.53. The van der Waals surface area contributed by atoms with Crippen LogP contribution in [-0.4, -0.2) is 17.8 Å². The van der Waals surface area contributed by atoms with E-state index in [9.17, 15) is 14.4 Å². The van der Waals surface area contributed by atoms with Crippen molar-refractivity contribution >= 4 is 29.4 Å². The summed E-state index contributed by atoms with van der Waals surface area (Å²) < 4.78 is 0. The van der Waals surface area contributed by atoms with Crippen molar-refractivity contribution in [3.63, 3.8) is 0 Å². The van der Waals surface area contributed by atoms with E-state index in [1.54, 1.807) is 0 Å². The van der Waals surface area contributed by atoms with E-state index in [-0.39, 0.29) is 5.56 Å². The number of rotatable bonds is 2. The Morgan fingerprint density at radius 3 is 2.24 bits per heavy atom. The number of benzene rings is 1. The standard InChI is InChI=1S/C10H8ClN3O3/c11-6-3-1-5(2-4-6)10(7(12)15)8(16)13-9(17)14-10/h1-4H,(H2,12,15)(H2,13,14,16,17). The van der Waals surface area contributed by atoms with Crippen LogP contribution in [0.3, 0.4) is 0 Å². The molecule has 4 N–H and O–H groups in total. The number of amides is 4. The zero-order valence-electron chi connectivity index (χ0n) is 8.49. The Morgan fingerprint density at radius 2 is 1.82 bits per heavy atom. The van der Waals surface area contributed by atoms with Gasteiger partial charge in [0.05, 0.1) is 0 Å². The van der Waals surface area contributed by atoms with Crippen molar-refractivity contribution in [2.24, 2.45) is 5.73 Å². The van der Waals surface area contributed by atoms with Crippen LogP contribution < -0.4 is 16.4 Å². The molecular weight excluding hydrogens is 246 g/mol. The maximum atomic E-state index is 11.7. The summed E-state index contributed by atoms with van der Waals surface area (Å²) in [6, 6.07) is 5.15. The molecule has 1 saturated heterocycles. The molecule has 2 rings (SSSR count). The summed E-state index contributed by atoms with van der Waals surface area (Å²) in [6.45, 7) is 0. The van der Waals surface area contributed by atoms with Crippen LogP contribution in [0.5, 0.6) is 0 Å². The third-order valence-corrected chi connectivity index (χ3v) is 2.77. The first-order valence-corrected chi connectivity index (χ1v) is 5.04. The average molecular weight is 254 g/mol. The molecule has 0 aliphatic carbocycles. The molecular formula is C10H8ClN3O3. The number of hydrogen-bond acceptors (Lipinski definition) is 3. The van der Waals surface area contributed by atoms with Crippen LogP contribution in [0.2, 0.25) is 5.02 Å². The highest BCUT2D eigenvalue weighted by Gasteiger charge is 2.52. The zero-order chi connectivity index (χ0) is 12.6. The van der Waals surface area contributed by atoms with Crippen molar-refractivity contribution in [3.8, 4) is 0 Å². The molecule has 4 amide bonds. The predicted molar refractivity (Wildman–Crippen MR) is 59.0 cm³/mol. The van der Waals surface area contributed by atoms with Crippen LogP contribution >= 0.6 is 11.6 Å². The summed E-state index contributed by atoms with van der Waals surface area (Å²) >= 11 is 5.70. The van der Waals surface area contributed by atoms with Crippen LogP contribution in [-0.2, 0) is 15.1 Å². The molecule has 1 atom stereocenters. The highest BCUT2D eigenvalue weighted by Crippen LogP contribution is 2.25. The first-order valence-electron chi connectivity index (χ1n) is 4.66. The summed E-state index contributed by atoms with van der Waals surface area (Å²) in [7, 11) is 0. The third kappa shape index (κ3) is 1.62. The number of nitrogens with two attached hydrogens (primary N) is 1. The third-order valence-electron chi connectivity index (χ3n) is 2.52. The number of hydrogen-bond donors (Lipinski definition) is 3. The van der Waals surface area contributed by atoms with Crippen LogP contribution in [0.1, 0.15) is 5.56 Å². The normalized spacial score (nSPS) is 23.1. The largest absolute Gasteiger partial charge is 0.367 e. The fourth-order valence-electron chi connectivity index (χ4n) is 1.67. The number of nitrogens with one attached hydrogen (secondary N) is 2. The van der Waals surface area contributed by atoms with Gasteiger partial charge in [0.2, 0.25) is 5.54 Å². The van der Waals surface area contributed by atoms with Gasteiger partial charge >= 0.3 is 6.03 Å². The Balaban J connectivity index is 2.56. The maximum absolute atomic E-state index is 11.7. The molecule has 0 aromatic heterocycles. The molecule has 1 aliphatic rings. The van der Waals surface area contributed by atoms with Crippen molar-refractivity contribution in [1.29, 1.82) is 0 Å². The van der Waals surface area contributed by atoms with E-state index in [1.807, 2.05) is 5.32 Å². The molecule has 7 heteroatoms. The van der Waals surface area contributed by atoms with E-state index >= 15 is 0 Å². The lowest BCUT2D eigenvalue weighted by atomic mass is 9.89. The topological polar surface area (TPSA) is 101 Å². The second kappa shape index (κ2) is 3.74. The van der Waals surface area contributed by atoms with Crippen LogP contribution in [0.15, 0.2) is 24.3 Å². The number of imide groups is 1. The summed E-state index contributed by atoms with van der Waals surface area (Å²) in [5.74, 6) is -1.75. The molecule has 1 aliphatic heterocycles. The van der Waals surface area contributed by atoms with Gasteiger partial charge in [-0.2, -0.15) is 0 Å². The highest BCUT2D eigenvalue weighted by atomic mass is 35.5. The lowest BCUT2D eigenvalue weighted by molar-refractivity contribution is -0.134. The minimum Gasteiger partial charge on any atom is -0.367 e. The number of halogens is 1. The first kappa shape index (κ1) is 11.4. The molecule has 17 heavy (non-hydrogen) atoms. The van der Waals surface area contributed by atoms with Crippen LogP contribution in [0.25, 0.3) is 0 Å². The van der Waals surface area contributed by atoms with Crippen molar-refractivity contribution in [3.05, 3.63) is 34.9 Å². The van der Waals surface area contributed by atoms with Gasteiger partial charge in [-0.15, -0.1) is 0 Å². The molecule has 0 spiro atoms. The molecule has 1 fully saturated rings. The summed E-state index contributed by atoms with van der Waals surface area (Å²) in [5.41, 5.74) is 3.61. The molecule has 6 nitrogen and oxygen atoms in total. The fraction of sp³-hybridized carbons (Fsp3) is 0.100. The molecule has 1 aromatic carbocycles. The van der Waals surface area contributed by atoms with E-state index < -0.39 is 23.4 Å². The van der Waals surface area contributed by atoms with Crippen molar-refractivity contribution in [1.82, 2.24) is 10.6 Å². The number of primary amides is 1. The number of carbonyl (C=O) groups excluding carboxylic acids is 3. The summed E-state index contributed by atoms with van der Waals surface area (Å²) in [4.78, 5) is 34.3. The van der Waals surface area contributed by atoms with Gasteiger partial charge in [-0.1, -0.05) is 23.7 Å². The van der Waals surface area contributed by atoms with Gasteiger partial charge in [0.1, 0.15) is 0 Å². The molecule has 1 unspecified atom stereocenters. The van der Waals surface area contributed by atoms with Gasteiger partial charge in [0.25, 0.3) is 11.8 Å². The minimum absolute atomic E-state index is 0.262. The van der Waals surface area contributed by atoms with E-state index in [1.165, 1.54) is 24.3 Å². The first-order chi connectivity index (χ1) is 7.96. The molecule has 0 saturated carbocycles. The van der Waals surface area contributed by atoms with Gasteiger partial charge in [-0.05, 0) is 17.7 Å². The molecule has 0 bridgehead atoms. The van der Waals surface area contributed by atoms with Gasteiger partial charge < -0.3 is 11.1 Å². The van der Waals surface area contributed by atoms with Crippen LogP contribution in [0, 0.1) is 0 Å². The Labute approximate surface area is 101 Å². The van der Waals surface area contributed by atoms with Gasteiger partial charge in [0.15, 0.2) is 0 Å². The van der Waals surface area contributed by atoms with Gasteiger partial charge in [-0.3, -0.25) is 14.9 Å². The average Bonchev–Trinajstić information content (AvgIpc) is 2.56. The Kier molecular flexibility index (Phi) is 2.51. The molecule has 88 valence electrons. The zero-order valence-corrected chi connectivity index (χ0v) is 9.25. The van der Waals surface area contributed by atoms with E-state index in [2.05, 4.69) is 5.32 Å². The summed E-state index contributed by atoms with van der Waals surface area (Å²) in [6.07, 6.45) is 0. The van der Waals surface area contributed by atoms with Crippen molar-refractivity contribution in [2.45, 2.75) is 5.54 Å². The van der Waals surface area contributed by atoms with Gasteiger partial charge in [0, 0.05) is 5.02 Å². The maximum Gasteiger partial charge on any atom is 0.323 e. The molecule has 1 aromatic rings. The van der Waals surface area contributed by atoms with Gasteiger partial charge in [-0.25, -0.2) is 4.79 Å². The molecule has 0 radical (unpaired) electrons. The predicted octanol–water partition coefficient (Wildman–Crippen LogP) is -0.140. The quantitative estimate of drug-likeness (QED) is 0.505. The second-order valence-corrected chi connectivity index (χ2v) is 3.97. The summed E-state index contributed by atoms with van der Waals surface area (Å²) in [5, 5.41) is 4.66. The number of carbonyl (C=O) groups is 3. The van der Waals surface area contributed by atoms with Crippen molar-refractivity contribution < 1.29 is 14.4 Å². The highest BCUT2D eigenvalue weighted by molar-refractivity contribution is 6.30. The van der Waals surface area contributed by atoms with E-state index in [0.29, 0.717) is 5.02 Å². The SMILES string of the molecule is NC(=O)C1(c2ccc(Cl)cc2)NC(=O)NC1=O. The van der Waals surface area contributed by atoms with E-state index in [4.69, 9.17) is 17.3 Å². The Bertz CT molecular complexity index is 514. The fourth-order valence-corrected chi connectivity index (χ4v) is 1.80. The molecule has 1 heterocycles. The number of urea groups is 1. The smallest absolute Gasteiger partial charge is 0.323 e. The monoisotopic (exact) mass is 253 g/mol.